The molecule has 1 aromatic heterocycles. The summed E-state index contributed by atoms with van der Waals surface area (Å²) in [6.45, 7) is 7.42. The van der Waals surface area contributed by atoms with Crippen LogP contribution in [0.4, 0.5) is 13.2 Å². The van der Waals surface area contributed by atoms with Crippen molar-refractivity contribution in [2.24, 2.45) is 0 Å². The summed E-state index contributed by atoms with van der Waals surface area (Å²) >= 11 is 0. The Hall–Kier alpha value is -1.34. The lowest BCUT2D eigenvalue weighted by atomic mass is 9.79. The van der Waals surface area contributed by atoms with E-state index in [4.69, 9.17) is 0 Å². The summed E-state index contributed by atoms with van der Waals surface area (Å²) in [6.07, 6.45) is -2.45. The molecule has 1 aromatic rings. The van der Waals surface area contributed by atoms with Gasteiger partial charge in [0.1, 0.15) is 5.75 Å². The second-order valence-electron chi connectivity index (χ2n) is 5.60. The van der Waals surface area contributed by atoms with E-state index in [1.165, 1.54) is 12.1 Å². The van der Waals surface area contributed by atoms with Crippen molar-refractivity contribution in [1.82, 2.24) is 9.88 Å². The lowest BCUT2D eigenvalue weighted by Gasteiger charge is -2.40. The van der Waals surface area contributed by atoms with Crippen LogP contribution in [0.2, 0.25) is 0 Å². The predicted octanol–water partition coefficient (Wildman–Crippen LogP) is 3.57. The number of nitrogens with zero attached hydrogens (tertiary/aromatic N) is 2. The number of aliphatic hydroxyl groups is 1. The van der Waals surface area contributed by atoms with Gasteiger partial charge >= 0.3 is 6.36 Å². The van der Waals surface area contributed by atoms with Crippen LogP contribution in [-0.2, 0) is 0 Å². The largest absolute Gasteiger partial charge is 0.573 e. The molecule has 7 heteroatoms. The average Bonchev–Trinajstić information content (AvgIpc) is 2.51. The maximum absolute atomic E-state index is 12.1. The van der Waals surface area contributed by atoms with Crippen LogP contribution in [0.25, 0.3) is 0 Å². The smallest absolute Gasteiger partial charge is 0.404 e. The number of hydrogen-bond acceptors (Lipinski definition) is 4. The van der Waals surface area contributed by atoms with Gasteiger partial charge in [-0.2, -0.15) is 0 Å². The normalized spacial score (nSPS) is 19.5. The van der Waals surface area contributed by atoms with E-state index >= 15 is 0 Å². The molecule has 1 saturated heterocycles. The first-order valence-corrected chi connectivity index (χ1v) is 7.82. The van der Waals surface area contributed by atoms with Crippen molar-refractivity contribution in [3.05, 3.63) is 24.0 Å². The maximum atomic E-state index is 12.1. The summed E-state index contributed by atoms with van der Waals surface area (Å²) in [5.41, 5.74) is -0.303. The highest BCUT2D eigenvalue weighted by Gasteiger charge is 2.38. The topological polar surface area (TPSA) is 45.6 Å². The summed E-state index contributed by atoms with van der Waals surface area (Å²) in [5, 5.41) is 10.7. The molecule has 0 radical (unpaired) electrons. The van der Waals surface area contributed by atoms with Gasteiger partial charge in [-0.15, -0.1) is 13.2 Å². The predicted molar refractivity (Wildman–Crippen MR) is 82.4 cm³/mol. The molecule has 2 heterocycles. The Bertz CT molecular complexity index is 469. The van der Waals surface area contributed by atoms with Gasteiger partial charge in [-0.05, 0) is 32.0 Å². The minimum Gasteiger partial charge on any atom is -0.404 e. The summed E-state index contributed by atoms with van der Waals surface area (Å²) in [5.74, 6) is -0.597. The molecule has 1 atom stereocenters. The van der Waals surface area contributed by atoms with E-state index in [9.17, 15) is 18.3 Å². The van der Waals surface area contributed by atoms with Crippen LogP contribution < -0.4 is 4.74 Å². The fraction of sp³-hybridized carbons (Fsp3) is 0.688. The van der Waals surface area contributed by atoms with E-state index in [1.807, 2.05) is 27.8 Å². The first kappa shape index (κ1) is 19.7. The quantitative estimate of drug-likeness (QED) is 0.918. The minimum absolute atomic E-state index is 0.244. The molecule has 1 N–H and O–H groups in total. The van der Waals surface area contributed by atoms with Gasteiger partial charge in [0.15, 0.2) is 0 Å². The monoisotopic (exact) mass is 334 g/mol. The Labute approximate surface area is 135 Å². The highest BCUT2D eigenvalue weighted by Crippen LogP contribution is 2.36. The van der Waals surface area contributed by atoms with Crippen LogP contribution in [-0.4, -0.2) is 47.1 Å². The molecule has 0 aliphatic carbocycles. The van der Waals surface area contributed by atoms with Gasteiger partial charge in [-0.25, -0.2) is 0 Å². The molecule has 23 heavy (non-hydrogen) atoms. The summed E-state index contributed by atoms with van der Waals surface area (Å²) in [6, 6.07) is 2.70. The Kier molecular flexibility index (Phi) is 6.83. The molecular weight excluding hydrogens is 309 g/mol. The molecule has 1 fully saturated rings. The zero-order valence-electron chi connectivity index (χ0n) is 14.0. The molecular formula is C16H25F3N2O2. The van der Waals surface area contributed by atoms with Crippen molar-refractivity contribution in [1.29, 1.82) is 0 Å². The number of alkyl halides is 3. The zero-order chi connectivity index (χ0) is 17.7. The van der Waals surface area contributed by atoms with E-state index in [0.717, 1.165) is 19.3 Å². The number of rotatable bonds is 3. The van der Waals surface area contributed by atoms with E-state index in [0.29, 0.717) is 18.5 Å². The molecule has 1 aliphatic rings. The summed E-state index contributed by atoms with van der Waals surface area (Å²) < 4.78 is 40.1. The number of halogens is 3. The van der Waals surface area contributed by atoms with Crippen LogP contribution >= 0.6 is 0 Å². The number of ether oxygens (including phenoxy) is 1. The van der Waals surface area contributed by atoms with Crippen molar-refractivity contribution in [3.63, 3.8) is 0 Å². The molecule has 0 aromatic carbocycles. The summed E-state index contributed by atoms with van der Waals surface area (Å²) in [4.78, 5) is 6.14. The van der Waals surface area contributed by atoms with E-state index < -0.39 is 12.0 Å². The number of pyridine rings is 1. The number of likely N-dealkylation sites (tertiary alicyclic amines) is 1. The van der Waals surface area contributed by atoms with Crippen LogP contribution in [0, 0.1) is 0 Å². The van der Waals surface area contributed by atoms with Gasteiger partial charge in [0.25, 0.3) is 0 Å². The standard InChI is InChI=1S/C14H19F3N2O2.C2H6/c1-10(13(20)5-7-19(2)8-6-13)12-4-3-11(9-18-12)21-14(15,16)17;1-2/h3-4,9-10,20H,5-8H2,1-2H3;1-2H3. The minimum atomic E-state index is -4.72. The third kappa shape index (κ3) is 5.66. The molecule has 1 unspecified atom stereocenters. The van der Waals surface area contributed by atoms with Gasteiger partial charge in [0, 0.05) is 24.7 Å². The molecule has 2 rings (SSSR count). The van der Waals surface area contributed by atoms with E-state index in [2.05, 4.69) is 14.6 Å². The Morgan fingerprint density at radius 3 is 2.26 bits per heavy atom. The molecule has 132 valence electrons. The van der Waals surface area contributed by atoms with Crippen LogP contribution in [0.1, 0.15) is 45.2 Å². The fourth-order valence-corrected chi connectivity index (χ4v) is 2.56. The van der Waals surface area contributed by atoms with Crippen molar-refractivity contribution in [2.45, 2.75) is 51.5 Å². The SMILES string of the molecule is CC.CC(c1ccc(OC(F)(F)F)cn1)C1(O)CCN(C)CC1. The van der Waals surface area contributed by atoms with Gasteiger partial charge in [0.05, 0.1) is 11.8 Å². The second kappa shape index (κ2) is 7.97. The van der Waals surface area contributed by atoms with E-state index in [1.54, 1.807) is 0 Å². The van der Waals surface area contributed by atoms with Crippen LogP contribution in [0.15, 0.2) is 18.3 Å². The number of aromatic nitrogens is 1. The average molecular weight is 334 g/mol. The molecule has 0 spiro atoms. The molecule has 0 bridgehead atoms. The zero-order valence-corrected chi connectivity index (χ0v) is 14.0. The highest BCUT2D eigenvalue weighted by atomic mass is 19.4. The van der Waals surface area contributed by atoms with Crippen molar-refractivity contribution < 1.29 is 23.0 Å². The molecule has 1 aliphatic heterocycles. The third-order valence-electron chi connectivity index (χ3n) is 4.10. The third-order valence-corrected chi connectivity index (χ3v) is 4.10. The molecule has 0 saturated carbocycles. The molecule has 0 amide bonds. The lowest BCUT2D eigenvalue weighted by molar-refractivity contribution is -0.274. The summed E-state index contributed by atoms with van der Waals surface area (Å²) in [7, 11) is 1.99. The first-order valence-electron chi connectivity index (χ1n) is 7.82. The fourth-order valence-electron chi connectivity index (χ4n) is 2.56. The van der Waals surface area contributed by atoms with Gasteiger partial charge in [-0.1, -0.05) is 20.8 Å². The van der Waals surface area contributed by atoms with Crippen LogP contribution in [0.3, 0.4) is 0 Å². The van der Waals surface area contributed by atoms with E-state index in [-0.39, 0.29) is 11.7 Å². The Balaban J connectivity index is 0.00000127. The van der Waals surface area contributed by atoms with Gasteiger partial charge < -0.3 is 14.7 Å². The Morgan fingerprint density at radius 1 is 1.26 bits per heavy atom. The molecule has 4 nitrogen and oxygen atoms in total. The second-order valence-corrected chi connectivity index (χ2v) is 5.60. The van der Waals surface area contributed by atoms with Gasteiger partial charge in [-0.3, -0.25) is 4.98 Å². The Morgan fingerprint density at radius 2 is 1.83 bits per heavy atom. The first-order chi connectivity index (χ1) is 10.7. The van der Waals surface area contributed by atoms with Crippen molar-refractivity contribution >= 4 is 0 Å². The van der Waals surface area contributed by atoms with Crippen LogP contribution in [0.5, 0.6) is 5.75 Å². The number of hydrogen-bond donors (Lipinski definition) is 1. The van der Waals surface area contributed by atoms with Crippen molar-refractivity contribution in [2.75, 3.05) is 20.1 Å². The van der Waals surface area contributed by atoms with Crippen molar-refractivity contribution in [3.8, 4) is 5.75 Å². The number of piperidine rings is 1. The van der Waals surface area contributed by atoms with Gasteiger partial charge in [0.2, 0.25) is 0 Å². The highest BCUT2D eigenvalue weighted by molar-refractivity contribution is 5.23. The maximum Gasteiger partial charge on any atom is 0.573 e. The lowest BCUT2D eigenvalue weighted by Crippen LogP contribution is -2.46.